The van der Waals surface area contributed by atoms with Gasteiger partial charge in [0.1, 0.15) is 18.3 Å². The largest absolute Gasteiger partial charge is 0.388 e. The number of rotatable bonds is 2. The molecule has 6 heterocycles. The van der Waals surface area contributed by atoms with E-state index in [4.69, 9.17) is 14.2 Å². The summed E-state index contributed by atoms with van der Waals surface area (Å²) in [5.74, 6) is -0.505. The number of aliphatic hydroxyl groups is 2. The third-order valence-corrected chi connectivity index (χ3v) is 9.77. The van der Waals surface area contributed by atoms with E-state index in [0.717, 1.165) is 25.9 Å². The molecule has 6 aliphatic heterocycles. The molecule has 13 nitrogen and oxygen atoms in total. The molecule has 6 rings (SSSR count). The predicted molar refractivity (Wildman–Crippen MR) is 145 cm³/mol. The zero-order valence-corrected chi connectivity index (χ0v) is 23.7. The average molecular weight is 580 g/mol. The van der Waals surface area contributed by atoms with Crippen LogP contribution < -0.4 is 10.6 Å². The number of fused-ring (bicyclic) bond motifs is 6. The van der Waals surface area contributed by atoms with Gasteiger partial charge in [0.05, 0.1) is 31.3 Å². The number of carbonyl (C=O) groups is 3. The lowest BCUT2D eigenvalue weighted by Gasteiger charge is -2.41. The van der Waals surface area contributed by atoms with E-state index in [2.05, 4.69) is 15.5 Å². The minimum absolute atomic E-state index is 0.0530. The molecule has 4 N–H and O–H groups in total. The number of ether oxygens (including phenoxy) is 3. The summed E-state index contributed by atoms with van der Waals surface area (Å²) in [5, 5.41) is 28.1. The number of morpholine rings is 1. The monoisotopic (exact) mass is 579 g/mol. The molecule has 0 radical (unpaired) electrons. The first-order valence-electron chi connectivity index (χ1n) is 15.4. The van der Waals surface area contributed by atoms with Crippen LogP contribution in [0.5, 0.6) is 0 Å². The summed E-state index contributed by atoms with van der Waals surface area (Å²) in [5.41, 5.74) is 0. The van der Waals surface area contributed by atoms with Crippen LogP contribution in [0, 0.1) is 5.92 Å². The maximum absolute atomic E-state index is 14.0. The Morgan fingerprint density at radius 2 is 1.66 bits per heavy atom. The lowest BCUT2D eigenvalue weighted by Crippen LogP contribution is -2.57. The third-order valence-electron chi connectivity index (χ3n) is 9.77. The van der Waals surface area contributed by atoms with Gasteiger partial charge in [0.15, 0.2) is 0 Å². The van der Waals surface area contributed by atoms with Gasteiger partial charge in [-0.25, -0.2) is 0 Å². The summed E-state index contributed by atoms with van der Waals surface area (Å²) in [6.07, 6.45) is -1.06. The van der Waals surface area contributed by atoms with Gasteiger partial charge in [0.25, 0.3) is 0 Å². The highest BCUT2D eigenvalue weighted by molar-refractivity contribution is 5.83. The fourth-order valence-corrected chi connectivity index (χ4v) is 7.53. The van der Waals surface area contributed by atoms with E-state index in [1.165, 1.54) is 0 Å². The van der Waals surface area contributed by atoms with Crippen LogP contribution in [0.25, 0.3) is 0 Å². The molecule has 3 amide bonds. The average Bonchev–Trinajstić information content (AvgIpc) is 3.53. The van der Waals surface area contributed by atoms with Crippen molar-refractivity contribution in [1.29, 1.82) is 0 Å². The van der Waals surface area contributed by atoms with Crippen molar-refractivity contribution in [3.8, 4) is 0 Å². The zero-order chi connectivity index (χ0) is 28.5. The number of aliphatic hydroxyl groups excluding tert-OH is 2. The van der Waals surface area contributed by atoms with Gasteiger partial charge in [0.2, 0.25) is 17.7 Å². The van der Waals surface area contributed by atoms with Crippen LogP contribution in [-0.4, -0.2) is 157 Å². The predicted octanol–water partition coefficient (Wildman–Crippen LogP) is -2.33. The first-order valence-corrected chi connectivity index (χ1v) is 15.4. The van der Waals surface area contributed by atoms with E-state index in [-0.39, 0.29) is 67.4 Å². The Morgan fingerprint density at radius 3 is 2.44 bits per heavy atom. The van der Waals surface area contributed by atoms with Crippen molar-refractivity contribution in [3.05, 3.63) is 0 Å². The summed E-state index contributed by atoms with van der Waals surface area (Å²) in [6, 6.07) is -0.271. The van der Waals surface area contributed by atoms with Gasteiger partial charge in [-0.1, -0.05) is 0 Å². The van der Waals surface area contributed by atoms with Gasteiger partial charge in [0, 0.05) is 63.9 Å². The number of nitrogens with one attached hydrogen (secondary N) is 2. The highest BCUT2D eigenvalue weighted by atomic mass is 16.5. The summed E-state index contributed by atoms with van der Waals surface area (Å²) in [6.45, 7) is 4.95. The minimum Gasteiger partial charge on any atom is -0.388 e. The second-order valence-electron chi connectivity index (χ2n) is 12.5. The summed E-state index contributed by atoms with van der Waals surface area (Å²) in [7, 11) is 0. The molecule has 0 spiro atoms. The second-order valence-corrected chi connectivity index (χ2v) is 12.5. The Labute approximate surface area is 240 Å². The fraction of sp³-hybridized carbons (Fsp3) is 0.893. The number of carbonyl (C=O) groups excluding carboxylic acids is 3. The molecule has 6 fully saturated rings. The molecule has 6 saturated heterocycles. The van der Waals surface area contributed by atoms with Gasteiger partial charge in [-0.15, -0.1) is 0 Å². The molecule has 230 valence electrons. The minimum atomic E-state index is -1.24. The smallest absolute Gasteiger partial charge is 0.240 e. The Hall–Kier alpha value is -1.87. The van der Waals surface area contributed by atoms with Crippen molar-refractivity contribution in [2.75, 3.05) is 65.6 Å². The molecule has 41 heavy (non-hydrogen) atoms. The second kappa shape index (κ2) is 12.8. The van der Waals surface area contributed by atoms with Crippen LogP contribution in [-0.2, 0) is 28.6 Å². The number of likely N-dealkylation sites (tertiary alicyclic amines) is 1. The van der Waals surface area contributed by atoms with Gasteiger partial charge < -0.3 is 44.9 Å². The zero-order valence-electron chi connectivity index (χ0n) is 23.7. The van der Waals surface area contributed by atoms with Gasteiger partial charge >= 0.3 is 0 Å². The van der Waals surface area contributed by atoms with E-state index < -0.39 is 24.4 Å². The molecule has 0 aromatic heterocycles. The SMILES string of the molecule is O=C1C[C@@H]2O[C@H](CN(C(=O)C3CCOCC3)C[C@@H]3CN(CCO3)C(=O)[C@@H]3C[C@@H](CN3C3CCNCC3)N1)[C@@H](O)[C@H]2O. The molecule has 13 heteroatoms. The van der Waals surface area contributed by atoms with Crippen LogP contribution in [0.1, 0.15) is 38.5 Å². The highest BCUT2D eigenvalue weighted by Crippen LogP contribution is 2.30. The normalized spacial score (nSPS) is 38.7. The summed E-state index contributed by atoms with van der Waals surface area (Å²) >= 11 is 0. The number of piperidine rings is 1. The maximum atomic E-state index is 14.0. The number of nitrogens with zero attached hydrogens (tertiary/aromatic N) is 3. The van der Waals surface area contributed by atoms with Crippen molar-refractivity contribution in [1.82, 2.24) is 25.3 Å². The van der Waals surface area contributed by atoms with Crippen molar-refractivity contribution in [2.45, 2.75) is 87.2 Å². The van der Waals surface area contributed by atoms with E-state index in [1.807, 2.05) is 4.90 Å². The topological polar surface area (TPSA) is 153 Å². The number of hydrogen-bond acceptors (Lipinski definition) is 10. The summed E-state index contributed by atoms with van der Waals surface area (Å²) < 4.78 is 17.6. The van der Waals surface area contributed by atoms with Crippen molar-refractivity contribution in [3.63, 3.8) is 0 Å². The van der Waals surface area contributed by atoms with E-state index in [0.29, 0.717) is 58.7 Å². The van der Waals surface area contributed by atoms with Crippen LogP contribution in [0.15, 0.2) is 0 Å². The molecule has 0 unspecified atom stereocenters. The maximum Gasteiger partial charge on any atom is 0.240 e. The van der Waals surface area contributed by atoms with Crippen molar-refractivity contribution in [2.24, 2.45) is 5.92 Å². The van der Waals surface area contributed by atoms with Crippen molar-refractivity contribution >= 4 is 17.7 Å². The molecule has 6 bridgehead atoms. The first-order chi connectivity index (χ1) is 19.9. The van der Waals surface area contributed by atoms with E-state index >= 15 is 0 Å². The Balaban J connectivity index is 1.26. The lowest BCUT2D eigenvalue weighted by molar-refractivity contribution is -0.150. The molecule has 0 aliphatic carbocycles. The Kier molecular flexibility index (Phi) is 9.11. The fourth-order valence-electron chi connectivity index (χ4n) is 7.53. The van der Waals surface area contributed by atoms with Crippen LogP contribution in [0.4, 0.5) is 0 Å². The molecular formula is C28H45N5O8. The number of hydrogen-bond donors (Lipinski definition) is 4. The van der Waals surface area contributed by atoms with Crippen LogP contribution in [0.3, 0.4) is 0 Å². The molecular weight excluding hydrogens is 534 g/mol. The summed E-state index contributed by atoms with van der Waals surface area (Å²) in [4.78, 5) is 46.7. The molecule has 0 saturated carbocycles. The quantitative estimate of drug-likeness (QED) is 0.280. The first kappa shape index (κ1) is 29.2. The molecule has 0 aromatic carbocycles. The van der Waals surface area contributed by atoms with E-state index in [1.54, 1.807) is 4.90 Å². The third kappa shape index (κ3) is 6.41. The molecule has 6 aliphatic rings. The molecule has 0 aromatic rings. The van der Waals surface area contributed by atoms with Gasteiger partial charge in [-0.3, -0.25) is 19.3 Å². The van der Waals surface area contributed by atoms with Gasteiger partial charge in [-0.2, -0.15) is 0 Å². The van der Waals surface area contributed by atoms with Crippen molar-refractivity contribution < 1.29 is 38.8 Å². The lowest BCUT2D eigenvalue weighted by atomic mass is 9.97. The van der Waals surface area contributed by atoms with Gasteiger partial charge in [-0.05, 0) is 45.2 Å². The number of amides is 3. The highest BCUT2D eigenvalue weighted by Gasteiger charge is 2.47. The van der Waals surface area contributed by atoms with Crippen LogP contribution >= 0.6 is 0 Å². The Morgan fingerprint density at radius 1 is 0.902 bits per heavy atom. The Bertz CT molecular complexity index is 960. The molecule has 7 atom stereocenters. The van der Waals surface area contributed by atoms with E-state index in [9.17, 15) is 24.6 Å². The standard InChI is InChI=1S/C28H45N5O8/c34-24-12-22-25(35)26(36)23(41-22)16-32(27(37)17-3-8-39-9-4-17)15-20-14-31(7-10-40-20)28(38)21-11-18(30-24)13-33(21)19-1-5-29-6-2-19/h17-23,25-26,29,35-36H,1-16H2,(H,30,34)/t18-,20-,21-,22-,23+,25-,26+/m0/s1. The van der Waals surface area contributed by atoms with Crippen LogP contribution in [0.2, 0.25) is 0 Å².